The summed E-state index contributed by atoms with van der Waals surface area (Å²) in [6, 6.07) is 3.79. The van der Waals surface area contributed by atoms with Crippen LogP contribution in [0.5, 0.6) is 5.75 Å². The average Bonchev–Trinajstić information content (AvgIpc) is 2.38. The van der Waals surface area contributed by atoms with Gasteiger partial charge in [0.2, 0.25) is 0 Å². The first-order valence-electron chi connectivity index (χ1n) is 5.83. The maximum absolute atomic E-state index is 5.16. The van der Waals surface area contributed by atoms with Gasteiger partial charge in [0, 0.05) is 18.8 Å². The number of rotatable bonds is 4. The van der Waals surface area contributed by atoms with Gasteiger partial charge in [0.1, 0.15) is 11.6 Å². The summed E-state index contributed by atoms with van der Waals surface area (Å²) in [7, 11) is 1.67. The van der Waals surface area contributed by atoms with Crippen molar-refractivity contribution in [2.45, 2.75) is 12.8 Å². The Labute approximate surface area is 121 Å². The minimum absolute atomic E-state index is 0. The van der Waals surface area contributed by atoms with E-state index in [1.807, 2.05) is 12.1 Å². The number of hydrogen-bond donors (Lipinski definition) is 2. The first-order valence-corrected chi connectivity index (χ1v) is 5.83. The Morgan fingerprint density at radius 2 is 2.11 bits per heavy atom. The summed E-state index contributed by atoms with van der Waals surface area (Å²) >= 11 is 0. The summed E-state index contributed by atoms with van der Waals surface area (Å²) in [5, 5.41) is 6.74. The van der Waals surface area contributed by atoms with E-state index >= 15 is 0 Å². The van der Waals surface area contributed by atoms with E-state index in [9.17, 15) is 0 Å². The van der Waals surface area contributed by atoms with Crippen LogP contribution >= 0.6 is 24.8 Å². The molecule has 1 aliphatic rings. The summed E-state index contributed by atoms with van der Waals surface area (Å²) in [4.78, 5) is 4.27. The van der Waals surface area contributed by atoms with Gasteiger partial charge in [0.25, 0.3) is 0 Å². The molecule has 2 rings (SSSR count). The Bertz CT molecular complexity index is 333. The molecule has 0 saturated carbocycles. The molecule has 0 unspecified atom stereocenters. The SMILES string of the molecule is COc1ccnc(NCC2CCNCC2)c1.Cl.Cl. The number of nitrogens with zero attached hydrogens (tertiary/aromatic N) is 1. The lowest BCUT2D eigenvalue weighted by molar-refractivity contribution is 0.389. The van der Waals surface area contributed by atoms with Crippen LogP contribution in [0, 0.1) is 5.92 Å². The Balaban J connectivity index is 0.00000144. The van der Waals surface area contributed by atoms with Gasteiger partial charge in [-0.1, -0.05) is 0 Å². The molecule has 2 N–H and O–H groups in total. The molecule has 0 atom stereocenters. The molecule has 1 aliphatic heterocycles. The van der Waals surface area contributed by atoms with Crippen LogP contribution in [0.1, 0.15) is 12.8 Å². The van der Waals surface area contributed by atoms with Crippen LogP contribution < -0.4 is 15.4 Å². The molecule has 0 amide bonds. The third kappa shape index (κ3) is 5.29. The molecule has 2 heterocycles. The normalized spacial score (nSPS) is 15.2. The molecule has 6 heteroatoms. The van der Waals surface area contributed by atoms with Gasteiger partial charge in [-0.25, -0.2) is 4.98 Å². The van der Waals surface area contributed by atoms with Crippen molar-refractivity contribution in [3.63, 3.8) is 0 Å². The molecule has 1 fully saturated rings. The maximum Gasteiger partial charge on any atom is 0.129 e. The van der Waals surface area contributed by atoms with Crippen LogP contribution in [0.4, 0.5) is 5.82 Å². The quantitative estimate of drug-likeness (QED) is 0.895. The van der Waals surface area contributed by atoms with Gasteiger partial charge in [0.05, 0.1) is 7.11 Å². The van der Waals surface area contributed by atoms with Crippen LogP contribution in [-0.2, 0) is 0 Å². The van der Waals surface area contributed by atoms with Crippen molar-refractivity contribution in [3.8, 4) is 5.75 Å². The standard InChI is InChI=1S/C12H19N3O.2ClH/c1-16-11-4-7-14-12(8-11)15-9-10-2-5-13-6-3-10;;/h4,7-8,10,13H,2-3,5-6,9H2,1H3,(H,14,15);2*1H. The number of nitrogens with one attached hydrogen (secondary N) is 2. The van der Waals surface area contributed by atoms with Crippen LogP contribution in [0.25, 0.3) is 0 Å². The van der Waals surface area contributed by atoms with Gasteiger partial charge in [-0.05, 0) is 37.9 Å². The second kappa shape index (κ2) is 9.25. The number of aromatic nitrogens is 1. The second-order valence-corrected chi connectivity index (χ2v) is 4.16. The number of hydrogen-bond acceptors (Lipinski definition) is 4. The van der Waals surface area contributed by atoms with Crippen LogP contribution in [0.2, 0.25) is 0 Å². The predicted molar refractivity (Wildman–Crippen MR) is 79.4 cm³/mol. The molecule has 0 aromatic carbocycles. The van der Waals surface area contributed by atoms with Crippen molar-refractivity contribution >= 4 is 30.6 Å². The van der Waals surface area contributed by atoms with Crippen molar-refractivity contribution < 1.29 is 4.74 Å². The van der Waals surface area contributed by atoms with E-state index in [0.717, 1.165) is 37.1 Å². The highest BCUT2D eigenvalue weighted by molar-refractivity contribution is 5.85. The van der Waals surface area contributed by atoms with Crippen molar-refractivity contribution in [2.75, 3.05) is 32.1 Å². The van der Waals surface area contributed by atoms with Gasteiger partial charge >= 0.3 is 0 Å². The van der Waals surface area contributed by atoms with Gasteiger partial charge in [0.15, 0.2) is 0 Å². The lowest BCUT2D eigenvalue weighted by Crippen LogP contribution is -2.31. The third-order valence-corrected chi connectivity index (χ3v) is 3.00. The second-order valence-electron chi connectivity index (χ2n) is 4.16. The summed E-state index contributed by atoms with van der Waals surface area (Å²) < 4.78 is 5.16. The van der Waals surface area contributed by atoms with E-state index < -0.39 is 0 Å². The Morgan fingerprint density at radius 1 is 1.39 bits per heavy atom. The number of anilines is 1. The molecule has 1 saturated heterocycles. The number of ether oxygens (including phenoxy) is 1. The highest BCUT2D eigenvalue weighted by atomic mass is 35.5. The van der Waals surface area contributed by atoms with E-state index in [-0.39, 0.29) is 24.8 Å². The molecule has 104 valence electrons. The summed E-state index contributed by atoms with van der Waals surface area (Å²) in [6.45, 7) is 3.28. The van der Waals surface area contributed by atoms with Crippen LogP contribution in [0.15, 0.2) is 18.3 Å². The number of pyridine rings is 1. The lowest BCUT2D eigenvalue weighted by atomic mass is 9.98. The van der Waals surface area contributed by atoms with E-state index in [1.54, 1.807) is 13.3 Å². The minimum Gasteiger partial charge on any atom is -0.497 e. The zero-order chi connectivity index (χ0) is 11.2. The zero-order valence-corrected chi connectivity index (χ0v) is 12.1. The molecule has 1 aromatic rings. The summed E-state index contributed by atoms with van der Waals surface area (Å²) in [5.41, 5.74) is 0. The van der Waals surface area contributed by atoms with Gasteiger partial charge in [-0.15, -0.1) is 24.8 Å². The summed E-state index contributed by atoms with van der Waals surface area (Å²) in [6.07, 6.45) is 4.26. The molecular formula is C12H21Cl2N3O. The number of piperidine rings is 1. The molecule has 18 heavy (non-hydrogen) atoms. The number of methoxy groups -OCH3 is 1. The van der Waals surface area contributed by atoms with Crippen LogP contribution in [-0.4, -0.2) is 31.7 Å². The van der Waals surface area contributed by atoms with E-state index in [4.69, 9.17) is 4.74 Å². The smallest absolute Gasteiger partial charge is 0.129 e. The third-order valence-electron chi connectivity index (χ3n) is 3.00. The van der Waals surface area contributed by atoms with Crippen molar-refractivity contribution in [1.82, 2.24) is 10.3 Å². The Kier molecular flexibility index (Phi) is 8.89. The highest BCUT2D eigenvalue weighted by Gasteiger charge is 2.12. The fourth-order valence-corrected chi connectivity index (χ4v) is 1.97. The maximum atomic E-state index is 5.16. The van der Waals surface area contributed by atoms with Crippen molar-refractivity contribution in [2.24, 2.45) is 5.92 Å². The van der Waals surface area contributed by atoms with Crippen molar-refractivity contribution in [1.29, 1.82) is 0 Å². The molecule has 0 radical (unpaired) electrons. The fourth-order valence-electron chi connectivity index (χ4n) is 1.97. The molecule has 0 bridgehead atoms. The predicted octanol–water partition coefficient (Wildman–Crippen LogP) is 2.35. The topological polar surface area (TPSA) is 46.2 Å². The van der Waals surface area contributed by atoms with E-state index in [0.29, 0.717) is 0 Å². The first kappa shape index (κ1) is 17.3. The van der Waals surface area contributed by atoms with Crippen molar-refractivity contribution in [3.05, 3.63) is 18.3 Å². The van der Waals surface area contributed by atoms with E-state index in [2.05, 4.69) is 15.6 Å². The molecule has 0 spiro atoms. The largest absolute Gasteiger partial charge is 0.497 e. The first-order chi connectivity index (χ1) is 7.88. The van der Waals surface area contributed by atoms with Gasteiger partial charge in [-0.2, -0.15) is 0 Å². The monoisotopic (exact) mass is 293 g/mol. The minimum atomic E-state index is 0. The Morgan fingerprint density at radius 3 is 2.78 bits per heavy atom. The number of halogens is 2. The fraction of sp³-hybridized carbons (Fsp3) is 0.583. The molecule has 1 aromatic heterocycles. The molecular weight excluding hydrogens is 273 g/mol. The van der Waals surface area contributed by atoms with Gasteiger partial charge < -0.3 is 15.4 Å². The molecule has 0 aliphatic carbocycles. The summed E-state index contributed by atoms with van der Waals surface area (Å²) in [5.74, 6) is 2.51. The van der Waals surface area contributed by atoms with Crippen LogP contribution in [0.3, 0.4) is 0 Å². The molecule has 4 nitrogen and oxygen atoms in total. The average molecular weight is 294 g/mol. The lowest BCUT2D eigenvalue weighted by Gasteiger charge is -2.22. The zero-order valence-electron chi connectivity index (χ0n) is 10.5. The van der Waals surface area contributed by atoms with E-state index in [1.165, 1.54) is 12.8 Å². The van der Waals surface area contributed by atoms with Gasteiger partial charge in [-0.3, -0.25) is 0 Å². The Hall–Kier alpha value is -0.710. The highest BCUT2D eigenvalue weighted by Crippen LogP contribution is 2.16.